The van der Waals surface area contributed by atoms with E-state index in [1.165, 1.54) is 0 Å². The molecule has 0 aliphatic rings. The van der Waals surface area contributed by atoms with Crippen molar-refractivity contribution in [2.45, 2.75) is 39.2 Å². The van der Waals surface area contributed by atoms with E-state index in [9.17, 15) is 0 Å². The van der Waals surface area contributed by atoms with Crippen LogP contribution in [0.4, 0.5) is 0 Å². The van der Waals surface area contributed by atoms with Gasteiger partial charge in [0.15, 0.2) is 0 Å². The van der Waals surface area contributed by atoms with Gasteiger partial charge in [-0.05, 0) is 25.2 Å². The third-order valence-corrected chi connectivity index (χ3v) is 2.20. The molecule has 4 nitrogen and oxygen atoms in total. The topological polar surface area (TPSA) is 56.7 Å². The van der Waals surface area contributed by atoms with Crippen LogP contribution < -0.4 is 5.73 Å². The Morgan fingerprint density at radius 1 is 1.50 bits per heavy atom. The minimum atomic E-state index is 0.289. The van der Waals surface area contributed by atoms with Gasteiger partial charge in [-0.1, -0.05) is 19.1 Å². The molecule has 2 N–H and O–H groups in total. The van der Waals surface area contributed by atoms with E-state index >= 15 is 0 Å². The maximum Gasteiger partial charge on any atom is 0.0827 e. The number of rotatable bonds is 5. The molecule has 0 amide bonds. The van der Waals surface area contributed by atoms with E-state index in [1.807, 2.05) is 13.2 Å². The molecule has 1 unspecified atom stereocenters. The average Bonchev–Trinajstić information content (AvgIpc) is 2.47. The van der Waals surface area contributed by atoms with Gasteiger partial charge in [-0.3, -0.25) is 4.68 Å². The Morgan fingerprint density at radius 3 is 2.71 bits per heavy atom. The van der Waals surface area contributed by atoms with Crippen molar-refractivity contribution in [1.29, 1.82) is 0 Å². The molecule has 0 saturated heterocycles. The van der Waals surface area contributed by atoms with Crippen molar-refractivity contribution in [3.05, 3.63) is 11.9 Å². The molecular weight excluding hydrogens is 176 g/mol. The van der Waals surface area contributed by atoms with Gasteiger partial charge in [-0.15, -0.1) is 5.10 Å². The summed E-state index contributed by atoms with van der Waals surface area (Å²) in [7, 11) is 1.88. The lowest BCUT2D eigenvalue weighted by atomic mass is 10.0. The summed E-state index contributed by atoms with van der Waals surface area (Å²) in [5.41, 5.74) is 7.01. The van der Waals surface area contributed by atoms with Crippen molar-refractivity contribution >= 4 is 0 Å². The highest BCUT2D eigenvalue weighted by molar-refractivity contribution is 4.92. The summed E-state index contributed by atoms with van der Waals surface area (Å²) in [6.07, 6.45) is 4.96. The van der Waals surface area contributed by atoms with Crippen molar-refractivity contribution in [3.63, 3.8) is 0 Å². The van der Waals surface area contributed by atoms with Gasteiger partial charge in [0.2, 0.25) is 0 Å². The molecular formula is C10H20N4. The summed E-state index contributed by atoms with van der Waals surface area (Å²) in [5.74, 6) is 0.673. The SMILES string of the molecule is CC(C)CC(N)CCc1cn(C)nn1. The predicted molar refractivity (Wildman–Crippen MR) is 56.8 cm³/mol. The van der Waals surface area contributed by atoms with E-state index < -0.39 is 0 Å². The van der Waals surface area contributed by atoms with Gasteiger partial charge in [0.05, 0.1) is 5.69 Å². The molecule has 1 heterocycles. The summed E-state index contributed by atoms with van der Waals surface area (Å²) in [6, 6.07) is 0.289. The molecule has 0 radical (unpaired) electrons. The molecule has 1 rings (SSSR count). The van der Waals surface area contributed by atoms with Gasteiger partial charge in [0.25, 0.3) is 0 Å². The quantitative estimate of drug-likeness (QED) is 0.767. The molecule has 0 aliphatic heterocycles. The van der Waals surface area contributed by atoms with Crippen LogP contribution in [0.25, 0.3) is 0 Å². The first-order chi connectivity index (χ1) is 6.58. The normalized spacial score (nSPS) is 13.5. The zero-order valence-electron chi connectivity index (χ0n) is 9.27. The summed E-state index contributed by atoms with van der Waals surface area (Å²) in [6.45, 7) is 4.39. The highest BCUT2D eigenvalue weighted by atomic mass is 15.4. The Bertz CT molecular complexity index is 267. The van der Waals surface area contributed by atoms with Crippen LogP contribution in [0.15, 0.2) is 6.20 Å². The number of hydrogen-bond donors (Lipinski definition) is 1. The van der Waals surface area contributed by atoms with Crippen LogP contribution in [0.2, 0.25) is 0 Å². The minimum Gasteiger partial charge on any atom is -0.328 e. The number of nitrogens with zero attached hydrogens (tertiary/aromatic N) is 3. The maximum absolute atomic E-state index is 5.97. The van der Waals surface area contributed by atoms with Crippen LogP contribution >= 0.6 is 0 Å². The fraction of sp³-hybridized carbons (Fsp3) is 0.800. The van der Waals surface area contributed by atoms with Gasteiger partial charge in [-0.2, -0.15) is 0 Å². The van der Waals surface area contributed by atoms with Crippen molar-refractivity contribution < 1.29 is 0 Å². The molecule has 1 atom stereocenters. The first-order valence-electron chi connectivity index (χ1n) is 5.18. The Kier molecular flexibility index (Phi) is 4.07. The number of aryl methyl sites for hydroxylation is 2. The highest BCUT2D eigenvalue weighted by Gasteiger charge is 2.07. The fourth-order valence-corrected chi connectivity index (χ4v) is 1.57. The second kappa shape index (κ2) is 5.10. The van der Waals surface area contributed by atoms with Crippen molar-refractivity contribution in [2.75, 3.05) is 0 Å². The second-order valence-electron chi connectivity index (χ2n) is 4.31. The van der Waals surface area contributed by atoms with E-state index in [0.29, 0.717) is 5.92 Å². The molecule has 0 fully saturated rings. The van der Waals surface area contributed by atoms with E-state index in [4.69, 9.17) is 5.73 Å². The maximum atomic E-state index is 5.97. The van der Waals surface area contributed by atoms with Gasteiger partial charge < -0.3 is 5.73 Å². The minimum absolute atomic E-state index is 0.289. The molecule has 14 heavy (non-hydrogen) atoms. The number of nitrogens with two attached hydrogens (primary N) is 1. The third-order valence-electron chi connectivity index (χ3n) is 2.20. The van der Waals surface area contributed by atoms with Crippen LogP contribution in [0.5, 0.6) is 0 Å². The van der Waals surface area contributed by atoms with Gasteiger partial charge >= 0.3 is 0 Å². The van der Waals surface area contributed by atoms with E-state index in [1.54, 1.807) is 4.68 Å². The summed E-state index contributed by atoms with van der Waals surface area (Å²) in [5, 5.41) is 7.91. The van der Waals surface area contributed by atoms with Crippen LogP contribution in [0.3, 0.4) is 0 Å². The lowest BCUT2D eigenvalue weighted by Crippen LogP contribution is -2.22. The molecule has 0 saturated carbocycles. The summed E-state index contributed by atoms with van der Waals surface area (Å²) >= 11 is 0. The Labute approximate surface area is 85.5 Å². The first-order valence-corrected chi connectivity index (χ1v) is 5.18. The number of aromatic nitrogens is 3. The van der Waals surface area contributed by atoms with Gasteiger partial charge in [0, 0.05) is 19.3 Å². The Morgan fingerprint density at radius 2 is 2.21 bits per heavy atom. The van der Waals surface area contributed by atoms with Gasteiger partial charge in [-0.25, -0.2) is 0 Å². The molecule has 80 valence electrons. The van der Waals surface area contributed by atoms with E-state index in [2.05, 4.69) is 24.2 Å². The molecule has 1 aromatic heterocycles. The first kappa shape index (κ1) is 11.2. The van der Waals surface area contributed by atoms with Crippen molar-refractivity contribution in [1.82, 2.24) is 15.0 Å². The lowest BCUT2D eigenvalue weighted by Gasteiger charge is -2.12. The van der Waals surface area contributed by atoms with Crippen LogP contribution in [-0.4, -0.2) is 21.0 Å². The van der Waals surface area contributed by atoms with Gasteiger partial charge in [0.1, 0.15) is 0 Å². The predicted octanol–water partition coefficient (Wildman–Crippen LogP) is 1.12. The second-order valence-corrected chi connectivity index (χ2v) is 4.31. The third kappa shape index (κ3) is 3.87. The molecule has 0 aromatic carbocycles. The molecule has 0 aliphatic carbocycles. The summed E-state index contributed by atoms with van der Waals surface area (Å²) in [4.78, 5) is 0. The fourth-order valence-electron chi connectivity index (χ4n) is 1.57. The Hall–Kier alpha value is -0.900. The zero-order chi connectivity index (χ0) is 10.6. The molecule has 4 heteroatoms. The smallest absolute Gasteiger partial charge is 0.0827 e. The van der Waals surface area contributed by atoms with Crippen molar-refractivity contribution in [3.8, 4) is 0 Å². The number of hydrogen-bond acceptors (Lipinski definition) is 3. The Balaban J connectivity index is 2.26. The van der Waals surface area contributed by atoms with E-state index in [0.717, 1.165) is 25.0 Å². The monoisotopic (exact) mass is 196 g/mol. The van der Waals surface area contributed by atoms with Crippen LogP contribution in [-0.2, 0) is 13.5 Å². The average molecular weight is 196 g/mol. The van der Waals surface area contributed by atoms with E-state index in [-0.39, 0.29) is 6.04 Å². The molecule has 0 spiro atoms. The lowest BCUT2D eigenvalue weighted by molar-refractivity contribution is 0.472. The van der Waals surface area contributed by atoms with Crippen LogP contribution in [0, 0.1) is 5.92 Å². The van der Waals surface area contributed by atoms with Crippen molar-refractivity contribution in [2.24, 2.45) is 18.7 Å². The zero-order valence-corrected chi connectivity index (χ0v) is 9.27. The van der Waals surface area contributed by atoms with Crippen LogP contribution in [0.1, 0.15) is 32.4 Å². The molecule has 1 aromatic rings. The standard InChI is InChI=1S/C10H20N4/c1-8(2)6-9(11)4-5-10-7-14(3)13-12-10/h7-9H,4-6,11H2,1-3H3. The summed E-state index contributed by atoms with van der Waals surface area (Å²) < 4.78 is 1.73. The molecule has 0 bridgehead atoms. The highest BCUT2D eigenvalue weighted by Crippen LogP contribution is 2.08. The largest absolute Gasteiger partial charge is 0.328 e.